The Morgan fingerprint density at radius 3 is 2.81 bits per heavy atom. The number of pyridine rings is 1. The van der Waals surface area contributed by atoms with E-state index in [1.165, 1.54) is 0 Å². The van der Waals surface area contributed by atoms with Gasteiger partial charge in [0.05, 0.1) is 26.4 Å². The number of amides is 2. The fourth-order valence-corrected chi connectivity index (χ4v) is 5.00. The second-order valence-corrected chi connectivity index (χ2v) is 10.4. The Morgan fingerprint density at radius 1 is 1.11 bits per heavy atom. The smallest absolute Gasteiger partial charge is 0.317 e. The molecule has 1 unspecified atom stereocenters. The van der Waals surface area contributed by atoms with Gasteiger partial charge in [0.25, 0.3) is 0 Å². The number of fused-ring (bicyclic) bond motifs is 1. The minimum Gasteiger partial charge on any atom is -0.366 e. The number of rotatable bonds is 6. The van der Waals surface area contributed by atoms with Crippen LogP contribution >= 0.6 is 39.1 Å². The van der Waals surface area contributed by atoms with E-state index in [2.05, 4.69) is 36.6 Å². The molecule has 1 saturated heterocycles. The van der Waals surface area contributed by atoms with E-state index < -0.39 is 0 Å². The molecular weight excluding hydrogens is 565 g/mol. The number of nitrogens with one attached hydrogen (secondary N) is 2. The second kappa shape index (κ2) is 11.0. The van der Waals surface area contributed by atoms with Crippen LogP contribution in [0.4, 0.5) is 10.6 Å². The molecule has 0 bridgehead atoms. The van der Waals surface area contributed by atoms with Crippen LogP contribution < -0.4 is 10.6 Å². The van der Waals surface area contributed by atoms with E-state index in [0.717, 1.165) is 45.6 Å². The fourth-order valence-electron chi connectivity index (χ4n) is 4.33. The molecule has 36 heavy (non-hydrogen) atoms. The zero-order chi connectivity index (χ0) is 25.1. The zero-order valence-corrected chi connectivity index (χ0v) is 22.4. The Bertz CT molecular complexity index is 1380. The molecule has 0 aliphatic carbocycles. The van der Waals surface area contributed by atoms with Crippen molar-refractivity contribution >= 4 is 56.6 Å². The highest BCUT2D eigenvalue weighted by Crippen LogP contribution is 2.30. The zero-order valence-electron chi connectivity index (χ0n) is 19.3. The first-order valence-electron chi connectivity index (χ1n) is 11.6. The summed E-state index contributed by atoms with van der Waals surface area (Å²) < 4.78 is 2.61. The van der Waals surface area contributed by atoms with E-state index in [1.807, 2.05) is 35.4 Å². The van der Waals surface area contributed by atoms with Gasteiger partial charge in [-0.1, -0.05) is 35.3 Å². The van der Waals surface area contributed by atoms with Crippen LogP contribution in [0.5, 0.6) is 0 Å². The molecule has 2 N–H and O–H groups in total. The van der Waals surface area contributed by atoms with Crippen molar-refractivity contribution in [3.05, 3.63) is 86.3 Å². The number of halogens is 3. The summed E-state index contributed by atoms with van der Waals surface area (Å²) in [5.74, 6) is 0.950. The third kappa shape index (κ3) is 5.58. The van der Waals surface area contributed by atoms with Gasteiger partial charge >= 0.3 is 6.03 Å². The Morgan fingerprint density at radius 2 is 2.00 bits per heavy atom. The molecule has 0 saturated carbocycles. The molecule has 3 aromatic heterocycles. The SMILES string of the molecule is O=C(NCc1ccc(Cl)c(Cl)c1)N1CCCC(c2cc(NCc3cccnc3)n3ncc(Br)c3n2)C1. The van der Waals surface area contributed by atoms with E-state index in [1.54, 1.807) is 29.0 Å². The van der Waals surface area contributed by atoms with Gasteiger partial charge in [0, 0.05) is 50.6 Å². The van der Waals surface area contributed by atoms with E-state index in [0.29, 0.717) is 36.2 Å². The summed E-state index contributed by atoms with van der Waals surface area (Å²) in [6, 6.07) is 11.2. The number of hydrogen-bond donors (Lipinski definition) is 2. The molecule has 1 aliphatic heterocycles. The first-order valence-corrected chi connectivity index (χ1v) is 13.2. The average molecular weight is 589 g/mol. The Labute approximate surface area is 227 Å². The van der Waals surface area contributed by atoms with Crippen LogP contribution in [-0.2, 0) is 13.1 Å². The summed E-state index contributed by atoms with van der Waals surface area (Å²) in [6.07, 6.45) is 7.18. The Balaban J connectivity index is 1.30. The molecular formula is C25H24BrCl2N7O. The maximum Gasteiger partial charge on any atom is 0.317 e. The summed E-state index contributed by atoms with van der Waals surface area (Å²) in [5.41, 5.74) is 3.63. The van der Waals surface area contributed by atoms with Crippen LogP contribution in [0.15, 0.2) is 59.5 Å². The number of likely N-dealkylation sites (tertiary alicyclic amines) is 1. The number of nitrogens with zero attached hydrogens (tertiary/aromatic N) is 5. The Hall–Kier alpha value is -2.88. The maximum absolute atomic E-state index is 12.9. The minimum atomic E-state index is -0.104. The van der Waals surface area contributed by atoms with Crippen molar-refractivity contribution in [1.82, 2.24) is 29.8 Å². The van der Waals surface area contributed by atoms with Crippen LogP contribution in [0, 0.1) is 0 Å². The predicted octanol–water partition coefficient (Wildman–Crippen LogP) is 5.89. The molecule has 4 heterocycles. The summed E-state index contributed by atoms with van der Waals surface area (Å²) in [6.45, 7) is 2.28. The summed E-state index contributed by atoms with van der Waals surface area (Å²) in [5, 5.41) is 11.9. The first-order chi connectivity index (χ1) is 17.5. The molecule has 4 aromatic rings. The molecule has 2 amide bonds. The van der Waals surface area contributed by atoms with Gasteiger partial charge in [0.15, 0.2) is 5.65 Å². The number of piperidine rings is 1. The highest BCUT2D eigenvalue weighted by Gasteiger charge is 2.27. The van der Waals surface area contributed by atoms with E-state index in [9.17, 15) is 4.79 Å². The lowest BCUT2D eigenvalue weighted by Crippen LogP contribution is -2.44. The summed E-state index contributed by atoms with van der Waals surface area (Å²) in [4.78, 5) is 23.9. The van der Waals surface area contributed by atoms with Gasteiger partial charge in [-0.15, -0.1) is 0 Å². The fraction of sp³-hybridized carbons (Fsp3) is 0.280. The van der Waals surface area contributed by atoms with Crippen LogP contribution in [0.1, 0.15) is 35.6 Å². The van der Waals surface area contributed by atoms with Crippen molar-refractivity contribution in [2.45, 2.75) is 31.8 Å². The monoisotopic (exact) mass is 587 g/mol. The molecule has 0 radical (unpaired) electrons. The number of urea groups is 1. The number of carbonyl (C=O) groups is 1. The lowest BCUT2D eigenvalue weighted by Gasteiger charge is -2.32. The number of anilines is 1. The van der Waals surface area contributed by atoms with Gasteiger partial charge in [0.1, 0.15) is 5.82 Å². The van der Waals surface area contributed by atoms with Crippen LogP contribution in [-0.4, -0.2) is 43.6 Å². The van der Waals surface area contributed by atoms with Crippen molar-refractivity contribution < 1.29 is 4.79 Å². The van der Waals surface area contributed by atoms with Crippen molar-refractivity contribution in [2.24, 2.45) is 0 Å². The summed E-state index contributed by atoms with van der Waals surface area (Å²) in [7, 11) is 0. The average Bonchev–Trinajstić information content (AvgIpc) is 3.29. The normalized spacial score (nSPS) is 15.8. The maximum atomic E-state index is 12.9. The quantitative estimate of drug-likeness (QED) is 0.293. The van der Waals surface area contributed by atoms with E-state index in [4.69, 9.17) is 28.2 Å². The van der Waals surface area contributed by atoms with Crippen LogP contribution in [0.2, 0.25) is 10.0 Å². The van der Waals surface area contributed by atoms with Gasteiger partial charge in [0.2, 0.25) is 0 Å². The third-order valence-electron chi connectivity index (χ3n) is 6.20. The molecule has 1 atom stereocenters. The summed E-state index contributed by atoms with van der Waals surface area (Å²) >= 11 is 15.7. The van der Waals surface area contributed by atoms with Crippen molar-refractivity contribution in [3.63, 3.8) is 0 Å². The molecule has 1 fully saturated rings. The second-order valence-electron chi connectivity index (χ2n) is 8.70. The molecule has 5 rings (SSSR count). The number of aromatic nitrogens is 4. The van der Waals surface area contributed by atoms with Crippen molar-refractivity contribution in [1.29, 1.82) is 0 Å². The topological polar surface area (TPSA) is 87.5 Å². The molecule has 1 aromatic carbocycles. The molecule has 11 heteroatoms. The van der Waals surface area contributed by atoms with Crippen molar-refractivity contribution in [3.8, 4) is 0 Å². The minimum absolute atomic E-state index is 0.104. The predicted molar refractivity (Wildman–Crippen MR) is 144 cm³/mol. The number of benzene rings is 1. The number of hydrogen-bond acceptors (Lipinski definition) is 5. The number of carbonyl (C=O) groups excluding carboxylic acids is 1. The van der Waals surface area contributed by atoms with E-state index in [-0.39, 0.29) is 11.9 Å². The molecule has 8 nitrogen and oxygen atoms in total. The molecule has 186 valence electrons. The largest absolute Gasteiger partial charge is 0.366 e. The van der Waals surface area contributed by atoms with Crippen molar-refractivity contribution in [2.75, 3.05) is 18.4 Å². The third-order valence-corrected chi connectivity index (χ3v) is 7.50. The van der Waals surface area contributed by atoms with E-state index >= 15 is 0 Å². The Kier molecular flexibility index (Phi) is 7.59. The highest BCUT2D eigenvalue weighted by molar-refractivity contribution is 9.10. The highest BCUT2D eigenvalue weighted by atomic mass is 79.9. The lowest BCUT2D eigenvalue weighted by molar-refractivity contribution is 0.178. The first kappa shape index (κ1) is 24.8. The van der Waals surface area contributed by atoms with Gasteiger partial charge in [-0.2, -0.15) is 9.61 Å². The molecule has 1 aliphatic rings. The standard InChI is InChI=1S/C25H24BrCl2N7O/c26-19-14-32-35-23(30-13-17-3-1-7-29-11-17)10-22(33-24(19)35)18-4-2-8-34(15-18)25(36)31-12-16-5-6-20(27)21(28)9-16/h1,3,5-7,9-11,14,18,30H,2,4,8,12-13,15H2,(H,31,36). The lowest BCUT2D eigenvalue weighted by atomic mass is 9.94. The van der Waals surface area contributed by atoms with Gasteiger partial charge in [-0.3, -0.25) is 4.98 Å². The van der Waals surface area contributed by atoms with Gasteiger partial charge in [-0.05, 0) is 58.1 Å². The van der Waals surface area contributed by atoms with Crippen LogP contribution in [0.3, 0.4) is 0 Å². The molecule has 0 spiro atoms. The van der Waals surface area contributed by atoms with Crippen LogP contribution in [0.25, 0.3) is 5.65 Å². The van der Waals surface area contributed by atoms with Gasteiger partial charge in [-0.25, -0.2) is 9.78 Å². The van der Waals surface area contributed by atoms with Gasteiger partial charge < -0.3 is 15.5 Å².